The third-order valence-corrected chi connectivity index (χ3v) is 7.71. The number of methoxy groups -OCH3 is 1. The van der Waals surface area contributed by atoms with Gasteiger partial charge in [0.05, 0.1) is 24.5 Å². The number of allylic oxidation sites excluding steroid dienone is 1. The predicted molar refractivity (Wildman–Crippen MR) is 154 cm³/mol. The monoisotopic (exact) mass is 514 g/mol. The van der Waals surface area contributed by atoms with E-state index in [0.29, 0.717) is 24.0 Å². The zero-order chi connectivity index (χ0) is 26.9. The zero-order valence-electron chi connectivity index (χ0n) is 22.1. The summed E-state index contributed by atoms with van der Waals surface area (Å²) in [5.41, 5.74) is 6.79. The Morgan fingerprint density at radius 2 is 1.49 bits per heavy atom. The van der Waals surface area contributed by atoms with Gasteiger partial charge in [-0.25, -0.2) is 0 Å². The van der Waals surface area contributed by atoms with Gasteiger partial charge in [-0.15, -0.1) is 0 Å². The van der Waals surface area contributed by atoms with Gasteiger partial charge in [-0.05, 0) is 66.8 Å². The van der Waals surface area contributed by atoms with E-state index in [9.17, 15) is 9.59 Å². The van der Waals surface area contributed by atoms with Crippen molar-refractivity contribution in [2.75, 3.05) is 17.3 Å². The summed E-state index contributed by atoms with van der Waals surface area (Å²) >= 11 is 0. The van der Waals surface area contributed by atoms with Crippen LogP contribution >= 0.6 is 0 Å². The molecule has 0 saturated carbocycles. The number of carbonyl (C=O) groups excluding carboxylic acids is 2. The van der Waals surface area contributed by atoms with Gasteiger partial charge in [0.25, 0.3) is 5.91 Å². The number of aryl methyl sites for hydroxylation is 1. The lowest BCUT2D eigenvalue weighted by Gasteiger charge is -2.35. The lowest BCUT2D eigenvalue weighted by Crippen LogP contribution is -2.38. The molecular formula is C34H30N2O3. The molecular weight excluding hydrogens is 484 g/mol. The number of para-hydroxylation sites is 2. The number of Topliss-reactive ketones (excluding diaryl/α,β-unsaturated/α-hetero) is 1. The van der Waals surface area contributed by atoms with E-state index in [-0.39, 0.29) is 17.6 Å². The lowest BCUT2D eigenvalue weighted by atomic mass is 9.78. The van der Waals surface area contributed by atoms with Gasteiger partial charge >= 0.3 is 0 Å². The summed E-state index contributed by atoms with van der Waals surface area (Å²) < 4.78 is 5.34. The fraction of sp³-hybridized carbons (Fsp3) is 0.176. The molecule has 4 aromatic carbocycles. The maximum Gasteiger partial charge on any atom is 0.259 e. The molecule has 6 rings (SSSR count). The summed E-state index contributed by atoms with van der Waals surface area (Å²) in [6.07, 6.45) is 1.04. The molecule has 0 unspecified atom stereocenters. The molecule has 194 valence electrons. The molecule has 1 aliphatic carbocycles. The number of anilines is 2. The topological polar surface area (TPSA) is 58.6 Å². The largest absolute Gasteiger partial charge is 0.497 e. The third kappa shape index (κ3) is 4.61. The van der Waals surface area contributed by atoms with E-state index >= 15 is 0 Å². The molecule has 0 aromatic heterocycles. The Hall–Kier alpha value is -4.64. The smallest absolute Gasteiger partial charge is 0.259 e. The Labute approximate surface area is 228 Å². The van der Waals surface area contributed by atoms with Crippen molar-refractivity contribution in [2.45, 2.75) is 31.7 Å². The number of ketones is 1. The highest BCUT2D eigenvalue weighted by Gasteiger charge is 2.41. The van der Waals surface area contributed by atoms with Gasteiger partial charge in [0.1, 0.15) is 5.75 Å². The second kappa shape index (κ2) is 10.3. The Morgan fingerprint density at radius 1 is 0.821 bits per heavy atom. The summed E-state index contributed by atoms with van der Waals surface area (Å²) in [6, 6.07) is 32.6. The number of benzene rings is 4. The van der Waals surface area contributed by atoms with Crippen molar-refractivity contribution in [1.82, 2.24) is 0 Å². The van der Waals surface area contributed by atoms with Crippen LogP contribution in [0.25, 0.3) is 0 Å². The van der Waals surface area contributed by atoms with Crippen molar-refractivity contribution in [1.29, 1.82) is 0 Å². The van der Waals surface area contributed by atoms with Crippen LogP contribution in [0.5, 0.6) is 5.75 Å². The van der Waals surface area contributed by atoms with Crippen molar-refractivity contribution in [2.24, 2.45) is 0 Å². The van der Waals surface area contributed by atoms with Gasteiger partial charge in [0.2, 0.25) is 0 Å². The van der Waals surface area contributed by atoms with E-state index < -0.39 is 6.04 Å². The second-order valence-electron chi connectivity index (χ2n) is 10.2. The van der Waals surface area contributed by atoms with E-state index in [4.69, 9.17) is 4.74 Å². The van der Waals surface area contributed by atoms with E-state index in [1.54, 1.807) is 12.0 Å². The molecule has 2 aliphatic rings. The Balaban J connectivity index is 1.53. The number of nitrogens with zero attached hydrogens (tertiary/aromatic N) is 1. The van der Waals surface area contributed by atoms with Crippen LogP contribution in [0.3, 0.4) is 0 Å². The average molecular weight is 515 g/mol. The quantitative estimate of drug-likeness (QED) is 0.312. The van der Waals surface area contributed by atoms with Crippen molar-refractivity contribution in [3.63, 3.8) is 0 Å². The number of hydrogen-bond acceptors (Lipinski definition) is 4. The number of amides is 1. The number of ether oxygens (including phenoxy) is 1. The van der Waals surface area contributed by atoms with Gasteiger partial charge in [-0.3, -0.25) is 14.5 Å². The number of hydrogen-bond donors (Lipinski definition) is 1. The van der Waals surface area contributed by atoms with Crippen molar-refractivity contribution in [3.8, 4) is 5.75 Å². The molecule has 1 heterocycles. The Bertz CT molecular complexity index is 1560. The van der Waals surface area contributed by atoms with Crippen LogP contribution in [-0.4, -0.2) is 18.8 Å². The second-order valence-corrected chi connectivity index (χ2v) is 10.2. The maximum atomic E-state index is 14.2. The van der Waals surface area contributed by atoms with E-state index in [1.165, 1.54) is 0 Å². The first-order valence-corrected chi connectivity index (χ1v) is 13.2. The van der Waals surface area contributed by atoms with Gasteiger partial charge < -0.3 is 10.1 Å². The van der Waals surface area contributed by atoms with Gasteiger partial charge in [0, 0.05) is 23.3 Å². The summed E-state index contributed by atoms with van der Waals surface area (Å²) in [5, 5.41) is 3.60. The number of carbonyl (C=O) groups is 2. The van der Waals surface area contributed by atoms with Crippen LogP contribution in [0.15, 0.2) is 114 Å². The fourth-order valence-corrected chi connectivity index (χ4v) is 5.71. The molecule has 0 fully saturated rings. The number of nitrogens with one attached hydrogen (secondary N) is 1. The normalized spacial score (nSPS) is 18.5. The van der Waals surface area contributed by atoms with Crippen molar-refractivity contribution < 1.29 is 14.3 Å². The van der Waals surface area contributed by atoms with Crippen LogP contribution in [0.2, 0.25) is 0 Å². The highest BCUT2D eigenvalue weighted by Crippen LogP contribution is 2.48. The van der Waals surface area contributed by atoms with E-state index in [0.717, 1.165) is 39.5 Å². The highest BCUT2D eigenvalue weighted by molar-refractivity contribution is 6.12. The minimum absolute atomic E-state index is 0.0249. The molecule has 4 aromatic rings. The molecule has 5 nitrogen and oxygen atoms in total. The first kappa shape index (κ1) is 24.7. The van der Waals surface area contributed by atoms with Gasteiger partial charge in [-0.2, -0.15) is 0 Å². The molecule has 0 saturated heterocycles. The lowest BCUT2D eigenvalue weighted by molar-refractivity contribution is -0.116. The first-order chi connectivity index (χ1) is 19.0. The Kier molecular flexibility index (Phi) is 6.49. The SMILES string of the molecule is COc1ccc([C@@H]2CC(=O)C3=C(C2)Nc2ccccc2N(C(=O)c2ccccc2)[C@H]3c2ccc(C)cc2)cc1. The van der Waals surface area contributed by atoms with E-state index in [2.05, 4.69) is 5.32 Å². The maximum absolute atomic E-state index is 14.2. The van der Waals surface area contributed by atoms with Crippen LogP contribution in [0.4, 0.5) is 11.4 Å². The zero-order valence-corrected chi connectivity index (χ0v) is 22.1. The minimum Gasteiger partial charge on any atom is -0.497 e. The predicted octanol–water partition coefficient (Wildman–Crippen LogP) is 7.22. The van der Waals surface area contributed by atoms with Crippen LogP contribution in [0.1, 0.15) is 51.8 Å². The minimum atomic E-state index is -0.561. The molecule has 1 amide bonds. The van der Waals surface area contributed by atoms with Crippen LogP contribution in [0, 0.1) is 6.92 Å². The molecule has 0 spiro atoms. The van der Waals surface area contributed by atoms with Gasteiger partial charge in [-0.1, -0.05) is 72.3 Å². The summed E-state index contributed by atoms with van der Waals surface area (Å²) in [4.78, 5) is 30.2. The third-order valence-electron chi connectivity index (χ3n) is 7.71. The van der Waals surface area contributed by atoms with Crippen LogP contribution < -0.4 is 15.0 Å². The fourth-order valence-electron chi connectivity index (χ4n) is 5.71. The molecule has 5 heteroatoms. The standard InChI is InChI=1S/C34H30N2O3/c1-22-12-14-24(15-13-22)33-32-29(20-26(21-31(32)37)23-16-18-27(39-2)19-17-23)35-28-10-6-7-11-30(28)36(33)34(38)25-8-4-3-5-9-25/h3-19,26,33,35H,20-21H2,1-2H3/t26-,33-/m0/s1. The summed E-state index contributed by atoms with van der Waals surface area (Å²) in [7, 11) is 1.65. The average Bonchev–Trinajstić information content (AvgIpc) is 3.12. The first-order valence-electron chi connectivity index (χ1n) is 13.2. The van der Waals surface area contributed by atoms with E-state index in [1.807, 2.05) is 110 Å². The highest BCUT2D eigenvalue weighted by atomic mass is 16.5. The van der Waals surface area contributed by atoms with Gasteiger partial charge in [0.15, 0.2) is 5.78 Å². The molecule has 1 N–H and O–H groups in total. The van der Waals surface area contributed by atoms with Crippen molar-refractivity contribution >= 4 is 23.1 Å². The molecule has 1 aliphatic heterocycles. The molecule has 0 bridgehead atoms. The summed E-state index contributed by atoms with van der Waals surface area (Å²) in [6.45, 7) is 2.04. The van der Waals surface area contributed by atoms with Crippen LogP contribution in [-0.2, 0) is 4.79 Å². The summed E-state index contributed by atoms with van der Waals surface area (Å²) in [5.74, 6) is 0.719. The van der Waals surface area contributed by atoms with Crippen molar-refractivity contribution in [3.05, 3.63) is 137 Å². The molecule has 39 heavy (non-hydrogen) atoms. The molecule has 2 atom stereocenters. The number of rotatable bonds is 4. The Morgan fingerprint density at radius 3 is 2.21 bits per heavy atom. The number of fused-ring (bicyclic) bond motifs is 1. The molecule has 0 radical (unpaired) electrons.